The van der Waals surface area contributed by atoms with E-state index in [1.807, 2.05) is 0 Å². The number of nitrogens with zero attached hydrogens (tertiary/aromatic N) is 1. The molecular formula is C12H10FNO3S. The van der Waals surface area contributed by atoms with Gasteiger partial charge in [0.1, 0.15) is 11.6 Å². The van der Waals surface area contributed by atoms with Gasteiger partial charge in [0, 0.05) is 0 Å². The van der Waals surface area contributed by atoms with Crippen molar-refractivity contribution in [2.45, 2.75) is 24.0 Å². The molecule has 1 aromatic carbocycles. The molecule has 0 aliphatic rings. The lowest BCUT2D eigenvalue weighted by Gasteiger charge is -2.00. The molecule has 0 radical (unpaired) electrons. The molecule has 0 aliphatic carbocycles. The minimum absolute atomic E-state index is 0.0865. The summed E-state index contributed by atoms with van der Waals surface area (Å²) in [5.41, 5.74) is 0.664. The van der Waals surface area contributed by atoms with Crippen molar-refractivity contribution in [3.05, 3.63) is 41.0 Å². The van der Waals surface area contributed by atoms with Crippen molar-refractivity contribution < 1.29 is 18.7 Å². The van der Waals surface area contributed by atoms with Crippen LogP contribution in [0.25, 0.3) is 0 Å². The number of rotatable bonds is 3. The largest absolute Gasteiger partial charge is 0.478 e. The number of carboxylic acids is 1. The number of hydrogen-bond donors (Lipinski definition) is 1. The second kappa shape index (κ2) is 4.81. The van der Waals surface area contributed by atoms with E-state index >= 15 is 0 Å². The number of carbonyl (C=O) groups is 1. The normalized spacial score (nSPS) is 10.6. The Kier molecular flexibility index (Phi) is 3.38. The summed E-state index contributed by atoms with van der Waals surface area (Å²) in [7, 11) is 0. The molecule has 0 saturated carbocycles. The Morgan fingerprint density at radius 3 is 2.67 bits per heavy atom. The molecule has 0 unspecified atom stereocenters. The quantitative estimate of drug-likeness (QED) is 0.924. The Hall–Kier alpha value is -1.82. The van der Waals surface area contributed by atoms with E-state index in [2.05, 4.69) is 4.98 Å². The van der Waals surface area contributed by atoms with Gasteiger partial charge in [-0.15, -0.1) is 0 Å². The summed E-state index contributed by atoms with van der Waals surface area (Å²) in [6.07, 6.45) is 0. The second-order valence-corrected chi connectivity index (χ2v) is 4.67. The zero-order valence-electron chi connectivity index (χ0n) is 9.73. The van der Waals surface area contributed by atoms with E-state index in [0.717, 1.165) is 23.5 Å². The van der Waals surface area contributed by atoms with Gasteiger partial charge < -0.3 is 9.52 Å². The molecule has 0 spiro atoms. The summed E-state index contributed by atoms with van der Waals surface area (Å²) in [6.45, 7) is 3.57. The molecular weight excluding hydrogens is 257 g/mol. The van der Waals surface area contributed by atoms with Crippen LogP contribution in [0.2, 0.25) is 0 Å². The average Bonchev–Trinajstić information content (AvgIpc) is 2.61. The van der Waals surface area contributed by atoms with Crippen LogP contribution in [0, 0.1) is 19.7 Å². The highest BCUT2D eigenvalue weighted by Crippen LogP contribution is 2.30. The van der Waals surface area contributed by atoms with Crippen LogP contribution in [0.5, 0.6) is 0 Å². The third kappa shape index (κ3) is 2.53. The standard InChI is InChI=1S/C12H10FNO3S/c1-6-7(2)17-12(14-6)18-10-4-3-8(11(15)16)5-9(10)13/h3-5H,1-2H3,(H,15,16). The summed E-state index contributed by atoms with van der Waals surface area (Å²) in [6, 6.07) is 3.72. The van der Waals surface area contributed by atoms with Crippen LogP contribution in [-0.2, 0) is 0 Å². The molecule has 0 bridgehead atoms. The average molecular weight is 267 g/mol. The topological polar surface area (TPSA) is 63.3 Å². The third-order valence-corrected chi connectivity index (χ3v) is 3.29. The van der Waals surface area contributed by atoms with Crippen molar-refractivity contribution in [2.24, 2.45) is 0 Å². The minimum atomic E-state index is -1.16. The van der Waals surface area contributed by atoms with Gasteiger partial charge in [-0.05, 0) is 43.8 Å². The van der Waals surface area contributed by atoms with Crippen molar-refractivity contribution in [3.63, 3.8) is 0 Å². The van der Waals surface area contributed by atoms with Crippen molar-refractivity contribution >= 4 is 17.7 Å². The Balaban J connectivity index is 2.27. The molecule has 1 heterocycles. The number of halogens is 1. The van der Waals surface area contributed by atoms with Gasteiger partial charge in [-0.3, -0.25) is 0 Å². The molecule has 1 aromatic heterocycles. The highest BCUT2D eigenvalue weighted by Gasteiger charge is 2.13. The van der Waals surface area contributed by atoms with Crippen LogP contribution in [-0.4, -0.2) is 16.1 Å². The summed E-state index contributed by atoms with van der Waals surface area (Å²) < 4.78 is 19.0. The van der Waals surface area contributed by atoms with Crippen LogP contribution in [0.3, 0.4) is 0 Å². The molecule has 94 valence electrons. The first kappa shape index (κ1) is 12.6. The third-order valence-electron chi connectivity index (χ3n) is 2.39. The van der Waals surface area contributed by atoms with Crippen LogP contribution in [0.15, 0.2) is 32.7 Å². The van der Waals surface area contributed by atoms with Crippen molar-refractivity contribution in [3.8, 4) is 0 Å². The number of aryl methyl sites for hydroxylation is 2. The van der Waals surface area contributed by atoms with Gasteiger partial charge in [0.05, 0.1) is 16.2 Å². The Labute approximate surface area is 107 Å². The molecule has 0 fully saturated rings. The van der Waals surface area contributed by atoms with E-state index in [-0.39, 0.29) is 10.5 Å². The molecule has 1 N–H and O–H groups in total. The molecule has 2 rings (SSSR count). The van der Waals surface area contributed by atoms with E-state index in [9.17, 15) is 9.18 Å². The maximum Gasteiger partial charge on any atom is 0.335 e. The van der Waals surface area contributed by atoms with E-state index in [1.165, 1.54) is 12.1 Å². The Morgan fingerprint density at radius 2 is 2.17 bits per heavy atom. The van der Waals surface area contributed by atoms with E-state index in [4.69, 9.17) is 9.52 Å². The molecule has 6 heteroatoms. The number of hydrogen-bond acceptors (Lipinski definition) is 4. The second-order valence-electron chi connectivity index (χ2n) is 3.67. The lowest BCUT2D eigenvalue weighted by Crippen LogP contribution is -1.97. The molecule has 18 heavy (non-hydrogen) atoms. The van der Waals surface area contributed by atoms with Gasteiger partial charge in [0.25, 0.3) is 5.22 Å². The molecule has 4 nitrogen and oxygen atoms in total. The Morgan fingerprint density at radius 1 is 1.44 bits per heavy atom. The highest BCUT2D eigenvalue weighted by atomic mass is 32.2. The van der Waals surface area contributed by atoms with Crippen LogP contribution in [0.4, 0.5) is 4.39 Å². The zero-order chi connectivity index (χ0) is 13.3. The Bertz CT molecular complexity index is 590. The lowest BCUT2D eigenvalue weighted by molar-refractivity contribution is 0.0696. The first-order chi connectivity index (χ1) is 8.47. The SMILES string of the molecule is Cc1nc(Sc2ccc(C(=O)O)cc2F)oc1C. The summed E-state index contributed by atoms with van der Waals surface area (Å²) in [5.74, 6) is -1.08. The van der Waals surface area contributed by atoms with Gasteiger partial charge >= 0.3 is 5.97 Å². The monoisotopic (exact) mass is 267 g/mol. The highest BCUT2D eigenvalue weighted by molar-refractivity contribution is 7.99. The van der Waals surface area contributed by atoms with Crippen LogP contribution in [0.1, 0.15) is 21.8 Å². The van der Waals surface area contributed by atoms with Crippen molar-refractivity contribution in [1.82, 2.24) is 4.98 Å². The lowest BCUT2D eigenvalue weighted by atomic mass is 10.2. The molecule has 2 aromatic rings. The smallest absolute Gasteiger partial charge is 0.335 e. The van der Waals surface area contributed by atoms with Crippen LogP contribution < -0.4 is 0 Å². The fourth-order valence-electron chi connectivity index (χ4n) is 1.30. The van der Waals surface area contributed by atoms with Gasteiger partial charge in [0.15, 0.2) is 0 Å². The summed E-state index contributed by atoms with van der Waals surface area (Å²) >= 11 is 1.02. The summed E-state index contributed by atoms with van der Waals surface area (Å²) in [5, 5.41) is 9.07. The zero-order valence-corrected chi connectivity index (χ0v) is 10.5. The molecule has 0 amide bonds. The van der Waals surface area contributed by atoms with Crippen molar-refractivity contribution in [1.29, 1.82) is 0 Å². The number of carboxylic acid groups (broad SMARTS) is 1. The summed E-state index contributed by atoms with van der Waals surface area (Å²) in [4.78, 5) is 15.1. The van der Waals surface area contributed by atoms with E-state index < -0.39 is 11.8 Å². The molecule has 0 atom stereocenters. The maximum atomic E-state index is 13.6. The number of benzene rings is 1. The molecule has 0 aliphatic heterocycles. The number of oxazole rings is 1. The van der Waals surface area contributed by atoms with Crippen LogP contribution >= 0.6 is 11.8 Å². The first-order valence-electron chi connectivity index (χ1n) is 5.12. The van der Waals surface area contributed by atoms with Gasteiger partial charge in [-0.2, -0.15) is 0 Å². The van der Waals surface area contributed by atoms with Gasteiger partial charge in [-0.1, -0.05) is 0 Å². The fourth-order valence-corrected chi connectivity index (χ4v) is 2.13. The number of aromatic nitrogens is 1. The fraction of sp³-hybridized carbons (Fsp3) is 0.167. The first-order valence-corrected chi connectivity index (χ1v) is 5.93. The van der Waals surface area contributed by atoms with Crippen molar-refractivity contribution in [2.75, 3.05) is 0 Å². The predicted molar refractivity (Wildman–Crippen MR) is 63.5 cm³/mol. The molecule has 0 saturated heterocycles. The maximum absolute atomic E-state index is 13.6. The van der Waals surface area contributed by atoms with E-state index in [0.29, 0.717) is 11.0 Å². The van der Waals surface area contributed by atoms with Gasteiger partial charge in [-0.25, -0.2) is 14.2 Å². The number of aromatic carboxylic acids is 1. The van der Waals surface area contributed by atoms with Gasteiger partial charge in [0.2, 0.25) is 0 Å². The minimum Gasteiger partial charge on any atom is -0.478 e. The van der Waals surface area contributed by atoms with E-state index in [1.54, 1.807) is 13.8 Å². The predicted octanol–water partition coefficient (Wildman–Crippen LogP) is 3.28.